The van der Waals surface area contributed by atoms with Crippen LogP contribution in [0.15, 0.2) is 34.9 Å². The number of para-hydroxylation sites is 1. The van der Waals surface area contributed by atoms with Crippen LogP contribution in [0.25, 0.3) is 11.3 Å². The van der Waals surface area contributed by atoms with Gasteiger partial charge in [-0.3, -0.25) is 4.79 Å². The van der Waals surface area contributed by atoms with Gasteiger partial charge in [0.2, 0.25) is 5.76 Å². The summed E-state index contributed by atoms with van der Waals surface area (Å²) in [6.07, 6.45) is 2.06. The summed E-state index contributed by atoms with van der Waals surface area (Å²) in [5, 5.41) is 16.3. The quantitative estimate of drug-likeness (QED) is 0.898. The zero-order valence-corrected chi connectivity index (χ0v) is 11.4. The van der Waals surface area contributed by atoms with Crippen LogP contribution in [0, 0.1) is 0 Å². The molecule has 1 aliphatic rings. The van der Waals surface area contributed by atoms with E-state index in [-0.39, 0.29) is 23.5 Å². The van der Waals surface area contributed by atoms with Gasteiger partial charge in [0.1, 0.15) is 11.4 Å². The van der Waals surface area contributed by atoms with Crippen LogP contribution in [0.5, 0.6) is 5.75 Å². The van der Waals surface area contributed by atoms with Crippen molar-refractivity contribution in [3.63, 3.8) is 0 Å². The predicted molar refractivity (Wildman–Crippen MR) is 74.9 cm³/mol. The number of carbonyl (C=O) groups is 1. The van der Waals surface area contributed by atoms with Crippen LogP contribution >= 0.6 is 0 Å². The lowest BCUT2D eigenvalue weighted by Gasteiger charge is -2.08. The first-order chi connectivity index (χ1) is 10.2. The molecular formula is C15H16N2O4. The summed E-state index contributed by atoms with van der Waals surface area (Å²) in [5.74, 6) is -0.122. The largest absolute Gasteiger partial charge is 0.507 e. The molecule has 1 atom stereocenters. The van der Waals surface area contributed by atoms with Gasteiger partial charge >= 0.3 is 0 Å². The SMILES string of the molecule is O=C(NC[C@@H]1CCCO1)c1cc(-c2ccccc2O)no1. The zero-order chi connectivity index (χ0) is 14.7. The highest BCUT2D eigenvalue weighted by Gasteiger charge is 2.19. The van der Waals surface area contributed by atoms with Crippen LogP contribution < -0.4 is 5.32 Å². The predicted octanol–water partition coefficient (Wildman–Crippen LogP) is 1.96. The van der Waals surface area contributed by atoms with Gasteiger partial charge in [0.05, 0.1) is 6.10 Å². The molecule has 2 heterocycles. The van der Waals surface area contributed by atoms with Gasteiger partial charge in [0, 0.05) is 24.8 Å². The summed E-state index contributed by atoms with van der Waals surface area (Å²) in [4.78, 5) is 12.0. The maximum absolute atomic E-state index is 12.0. The number of nitrogens with one attached hydrogen (secondary N) is 1. The molecule has 1 aliphatic heterocycles. The molecule has 0 aliphatic carbocycles. The van der Waals surface area contributed by atoms with E-state index in [0.717, 1.165) is 19.4 Å². The van der Waals surface area contributed by atoms with Gasteiger partial charge in [0.15, 0.2) is 0 Å². The smallest absolute Gasteiger partial charge is 0.290 e. The van der Waals surface area contributed by atoms with Crippen molar-refractivity contribution in [2.75, 3.05) is 13.2 Å². The molecule has 110 valence electrons. The normalized spacial score (nSPS) is 17.8. The minimum absolute atomic E-state index is 0.0782. The van der Waals surface area contributed by atoms with E-state index in [9.17, 15) is 9.90 Å². The number of nitrogens with zero attached hydrogens (tertiary/aromatic N) is 1. The third kappa shape index (κ3) is 3.05. The van der Waals surface area contributed by atoms with E-state index >= 15 is 0 Å². The van der Waals surface area contributed by atoms with Crippen LogP contribution in [0.3, 0.4) is 0 Å². The minimum Gasteiger partial charge on any atom is -0.507 e. The van der Waals surface area contributed by atoms with Crippen LogP contribution in [-0.4, -0.2) is 35.4 Å². The number of carbonyl (C=O) groups excluding carboxylic acids is 1. The van der Waals surface area contributed by atoms with E-state index in [2.05, 4.69) is 10.5 Å². The summed E-state index contributed by atoms with van der Waals surface area (Å²) in [6.45, 7) is 1.21. The summed E-state index contributed by atoms with van der Waals surface area (Å²) in [6, 6.07) is 8.28. The highest BCUT2D eigenvalue weighted by molar-refractivity contribution is 5.92. The molecular weight excluding hydrogens is 272 g/mol. The van der Waals surface area contributed by atoms with Crippen molar-refractivity contribution in [3.8, 4) is 17.0 Å². The van der Waals surface area contributed by atoms with Crippen molar-refractivity contribution in [2.45, 2.75) is 18.9 Å². The number of amides is 1. The second-order valence-corrected chi connectivity index (χ2v) is 4.94. The topological polar surface area (TPSA) is 84.6 Å². The van der Waals surface area contributed by atoms with E-state index in [1.807, 2.05) is 0 Å². The minimum atomic E-state index is -0.334. The maximum Gasteiger partial charge on any atom is 0.290 e. The number of hydrogen-bond acceptors (Lipinski definition) is 5. The number of hydrogen-bond donors (Lipinski definition) is 2. The Morgan fingerprint density at radius 3 is 3.05 bits per heavy atom. The Hall–Kier alpha value is -2.34. The Bertz CT molecular complexity index is 632. The van der Waals surface area contributed by atoms with Gasteiger partial charge in [-0.2, -0.15) is 0 Å². The molecule has 1 aromatic heterocycles. The molecule has 0 radical (unpaired) electrons. The molecule has 1 aromatic carbocycles. The van der Waals surface area contributed by atoms with Gasteiger partial charge in [-0.25, -0.2) is 0 Å². The summed E-state index contributed by atoms with van der Waals surface area (Å²) in [7, 11) is 0. The van der Waals surface area contributed by atoms with E-state index < -0.39 is 0 Å². The van der Waals surface area contributed by atoms with E-state index in [0.29, 0.717) is 17.8 Å². The fourth-order valence-electron chi connectivity index (χ4n) is 2.30. The first kappa shape index (κ1) is 13.6. The molecule has 6 heteroatoms. The summed E-state index contributed by atoms with van der Waals surface area (Å²) >= 11 is 0. The average Bonchev–Trinajstić information content (AvgIpc) is 3.17. The fourth-order valence-corrected chi connectivity index (χ4v) is 2.30. The highest BCUT2D eigenvalue weighted by atomic mass is 16.5. The van der Waals surface area contributed by atoms with Crippen LogP contribution in [0.2, 0.25) is 0 Å². The summed E-state index contributed by atoms with van der Waals surface area (Å²) in [5.41, 5.74) is 0.954. The zero-order valence-electron chi connectivity index (χ0n) is 11.4. The number of aromatic hydroxyl groups is 1. The second-order valence-electron chi connectivity index (χ2n) is 4.94. The first-order valence-corrected chi connectivity index (χ1v) is 6.89. The van der Waals surface area contributed by atoms with E-state index in [1.165, 1.54) is 6.07 Å². The number of phenols is 1. The average molecular weight is 288 g/mol. The molecule has 0 bridgehead atoms. The molecule has 0 unspecified atom stereocenters. The van der Waals surface area contributed by atoms with Crippen molar-refractivity contribution < 1.29 is 19.2 Å². The molecule has 6 nitrogen and oxygen atoms in total. The lowest BCUT2D eigenvalue weighted by molar-refractivity contribution is 0.0828. The maximum atomic E-state index is 12.0. The van der Waals surface area contributed by atoms with Gasteiger partial charge in [-0.05, 0) is 25.0 Å². The second kappa shape index (κ2) is 5.97. The molecule has 0 spiro atoms. The van der Waals surface area contributed by atoms with Gasteiger partial charge in [-0.1, -0.05) is 17.3 Å². The molecule has 3 rings (SSSR count). The monoisotopic (exact) mass is 288 g/mol. The fraction of sp³-hybridized carbons (Fsp3) is 0.333. The summed E-state index contributed by atoms with van der Waals surface area (Å²) < 4.78 is 10.5. The van der Waals surface area contributed by atoms with Crippen LogP contribution in [-0.2, 0) is 4.74 Å². The Kier molecular flexibility index (Phi) is 3.87. The molecule has 1 saturated heterocycles. The Morgan fingerprint density at radius 1 is 1.43 bits per heavy atom. The van der Waals surface area contributed by atoms with Crippen LogP contribution in [0.1, 0.15) is 23.4 Å². The lowest BCUT2D eigenvalue weighted by atomic mass is 10.1. The number of ether oxygens (including phenoxy) is 1. The number of aromatic nitrogens is 1. The molecule has 1 fully saturated rings. The Balaban J connectivity index is 1.66. The first-order valence-electron chi connectivity index (χ1n) is 6.89. The number of rotatable bonds is 4. The number of benzene rings is 1. The van der Waals surface area contributed by atoms with Crippen molar-refractivity contribution in [1.29, 1.82) is 0 Å². The lowest BCUT2D eigenvalue weighted by Crippen LogP contribution is -2.31. The van der Waals surface area contributed by atoms with Gasteiger partial charge in [0.25, 0.3) is 5.91 Å². The molecule has 2 N–H and O–H groups in total. The van der Waals surface area contributed by atoms with Gasteiger partial charge < -0.3 is 19.7 Å². The molecule has 1 amide bonds. The molecule has 21 heavy (non-hydrogen) atoms. The standard InChI is InChI=1S/C15H16N2O4/c18-13-6-2-1-5-11(13)12-8-14(21-17-12)15(19)16-9-10-4-3-7-20-10/h1-2,5-6,8,10,18H,3-4,7,9H2,(H,16,19)/t10-/m0/s1. The van der Waals surface area contributed by atoms with Crippen molar-refractivity contribution >= 4 is 5.91 Å². The Morgan fingerprint density at radius 2 is 2.29 bits per heavy atom. The van der Waals surface area contributed by atoms with Crippen LogP contribution in [0.4, 0.5) is 0 Å². The Labute approximate surface area is 121 Å². The van der Waals surface area contributed by atoms with Crippen molar-refractivity contribution in [2.24, 2.45) is 0 Å². The van der Waals surface area contributed by atoms with Gasteiger partial charge in [-0.15, -0.1) is 0 Å². The molecule has 2 aromatic rings. The van der Waals surface area contributed by atoms with E-state index in [4.69, 9.17) is 9.26 Å². The third-order valence-electron chi connectivity index (χ3n) is 3.43. The number of phenolic OH excluding ortho intramolecular Hbond substituents is 1. The molecule has 0 saturated carbocycles. The van der Waals surface area contributed by atoms with Crippen molar-refractivity contribution in [1.82, 2.24) is 10.5 Å². The van der Waals surface area contributed by atoms with Crippen molar-refractivity contribution in [3.05, 3.63) is 36.1 Å². The highest BCUT2D eigenvalue weighted by Crippen LogP contribution is 2.27. The third-order valence-corrected chi connectivity index (χ3v) is 3.43. The van der Waals surface area contributed by atoms with E-state index in [1.54, 1.807) is 24.3 Å².